The molecule has 0 bridgehead atoms. The quantitative estimate of drug-likeness (QED) is 0.632. The van der Waals surface area contributed by atoms with Crippen LogP contribution in [0.4, 0.5) is 4.39 Å². The molecule has 3 N–H and O–H groups in total. The molecule has 25 heavy (non-hydrogen) atoms. The highest BCUT2D eigenvalue weighted by atomic mass is 35.5. The second kappa shape index (κ2) is 8.83. The molecule has 0 aromatic heterocycles. The highest BCUT2D eigenvalue weighted by Gasteiger charge is 2.22. The molecule has 0 aliphatic heterocycles. The Kier molecular flexibility index (Phi) is 4.64. The van der Waals surface area contributed by atoms with Crippen LogP contribution in [0.25, 0.3) is 0 Å². The Hall–Kier alpha value is -2.11. The van der Waals surface area contributed by atoms with Crippen molar-refractivity contribution < 1.29 is 26.5 Å². The Morgan fingerprint density at radius 1 is 1.44 bits per heavy atom. The van der Waals surface area contributed by atoms with Crippen molar-refractivity contribution in [2.45, 2.75) is 38.7 Å². The van der Waals surface area contributed by atoms with E-state index in [0.717, 1.165) is 0 Å². The van der Waals surface area contributed by atoms with Crippen molar-refractivity contribution in [2.24, 2.45) is 5.73 Å². The van der Waals surface area contributed by atoms with Crippen LogP contribution in [0.5, 0.6) is 11.5 Å². The molecule has 2 rings (SSSR count). The maximum atomic E-state index is 15.4. The van der Waals surface area contributed by atoms with Gasteiger partial charge < -0.3 is 15.8 Å². The van der Waals surface area contributed by atoms with Crippen molar-refractivity contribution in [3.63, 3.8) is 0 Å². The van der Waals surface area contributed by atoms with Gasteiger partial charge in [0.05, 0.1) is 5.02 Å². The summed E-state index contributed by atoms with van der Waals surface area (Å²) in [6.07, 6.45) is -3.09. The van der Waals surface area contributed by atoms with Gasteiger partial charge in [-0.05, 0) is 31.5 Å². The van der Waals surface area contributed by atoms with E-state index in [9.17, 15) is 4.79 Å². The number of rotatable bonds is 8. The Bertz CT molecular complexity index is 905. The third-order valence-electron chi connectivity index (χ3n) is 3.46. The lowest BCUT2D eigenvalue weighted by molar-refractivity contribution is -0.118. The van der Waals surface area contributed by atoms with Gasteiger partial charge in [-0.1, -0.05) is 42.7 Å². The minimum Gasteiger partial charge on any atom is -0.453 e. The molecule has 0 saturated heterocycles. The van der Waals surface area contributed by atoms with Crippen LogP contribution in [0.1, 0.15) is 50.7 Å². The molecule has 0 saturated carbocycles. The first-order valence-electron chi connectivity index (χ1n) is 10.1. The third-order valence-corrected chi connectivity index (χ3v) is 3.75. The van der Waals surface area contributed by atoms with E-state index in [2.05, 4.69) is 5.32 Å². The molecule has 0 unspecified atom stereocenters. The number of amides is 1. The lowest BCUT2D eigenvalue weighted by atomic mass is 10.0. The number of hydrogen-bond acceptors (Lipinski definition) is 3. The van der Waals surface area contributed by atoms with E-state index >= 15 is 4.39 Å². The zero-order valence-electron chi connectivity index (χ0n) is 18.6. The maximum absolute atomic E-state index is 15.4. The Labute approximate surface area is 165 Å². The molecule has 4 nitrogen and oxygen atoms in total. The second-order valence-corrected chi connectivity index (χ2v) is 5.92. The van der Waals surface area contributed by atoms with Crippen molar-refractivity contribution >= 4 is 17.5 Å². The number of ether oxygens (including phenoxy) is 1. The number of hydrogen-bond donors (Lipinski definition) is 2. The number of nitrogens with two attached hydrogens (primary N) is 1. The van der Waals surface area contributed by atoms with Gasteiger partial charge in [0.15, 0.2) is 11.6 Å². The van der Waals surface area contributed by atoms with E-state index in [1.54, 1.807) is 30.3 Å². The fourth-order valence-corrected chi connectivity index (χ4v) is 2.51. The highest BCUT2D eigenvalue weighted by molar-refractivity contribution is 6.32. The molecule has 2 atom stereocenters. The predicted octanol–water partition coefficient (Wildman–Crippen LogP) is 5.56. The fraction of sp³-hybridized carbons (Fsp3) is 0.316. The topological polar surface area (TPSA) is 64.3 Å². The smallest absolute Gasteiger partial charge is 0.218 e. The third kappa shape index (κ3) is 5.18. The summed E-state index contributed by atoms with van der Waals surface area (Å²) in [5.41, 5.74) is 4.86. The second-order valence-electron chi connectivity index (χ2n) is 5.51. The summed E-state index contributed by atoms with van der Waals surface area (Å²) in [6, 6.07) is 8.36. The van der Waals surface area contributed by atoms with Gasteiger partial charge in [-0.15, -0.1) is 0 Å². The van der Waals surface area contributed by atoms with E-state index < -0.39 is 37.0 Å². The van der Waals surface area contributed by atoms with Crippen molar-refractivity contribution in [3.8, 4) is 11.5 Å². The molecule has 0 aliphatic carbocycles. The molecule has 0 fully saturated rings. The van der Waals surface area contributed by atoms with Crippen LogP contribution in [-0.2, 0) is 4.79 Å². The average molecular weight is 378 g/mol. The minimum atomic E-state index is -3.09. The number of nitrogens with one attached hydrogen (secondary N) is 1. The summed E-state index contributed by atoms with van der Waals surface area (Å²) in [7, 11) is 0. The molecular formula is C19H30ClFN2O2. The molecule has 1 amide bonds. The fourth-order valence-electron chi connectivity index (χ4n) is 2.33. The molecule has 0 aliphatic rings. The number of carbonyl (C=O) groups is 1. The van der Waals surface area contributed by atoms with E-state index in [4.69, 9.17) is 28.9 Å². The minimum absolute atomic E-state index is 0. The van der Waals surface area contributed by atoms with E-state index in [1.807, 2.05) is 0 Å². The van der Waals surface area contributed by atoms with Gasteiger partial charge in [0.1, 0.15) is 5.75 Å². The van der Waals surface area contributed by atoms with Crippen LogP contribution in [0.2, 0.25) is 5.02 Å². The van der Waals surface area contributed by atoms with Gasteiger partial charge in [-0.25, -0.2) is 4.39 Å². The van der Waals surface area contributed by atoms with Crippen molar-refractivity contribution in [1.82, 2.24) is 5.32 Å². The SMILES string of the molecule is [2H]C([2H])([2H])C([2H])([2H])[C@@H](N[C@@H](C)CC(N)=O)c1ccc(Cl)c(Oc2ccccc2)c1F.[HH].[HH].[HH].[HH]. The number of benzene rings is 2. The van der Waals surface area contributed by atoms with Crippen LogP contribution >= 0.6 is 11.6 Å². The first kappa shape index (κ1) is 13.1. The number of primary amides is 1. The lowest BCUT2D eigenvalue weighted by Crippen LogP contribution is -2.34. The van der Waals surface area contributed by atoms with Gasteiger partial charge in [0, 0.05) is 36.6 Å². The maximum Gasteiger partial charge on any atom is 0.218 e. The summed E-state index contributed by atoms with van der Waals surface area (Å²) in [5.74, 6) is -1.76. The van der Waals surface area contributed by atoms with Crippen molar-refractivity contribution in [1.29, 1.82) is 0 Å². The number of halogens is 2. The zero-order valence-corrected chi connectivity index (χ0v) is 14.3. The summed E-state index contributed by atoms with van der Waals surface area (Å²) < 4.78 is 60.1. The van der Waals surface area contributed by atoms with Gasteiger partial charge in [0.25, 0.3) is 0 Å². The predicted molar refractivity (Wildman–Crippen MR) is 106 cm³/mol. The van der Waals surface area contributed by atoms with Crippen LogP contribution < -0.4 is 15.8 Å². The number of carbonyl (C=O) groups excluding carboxylic acids is 1. The molecule has 142 valence electrons. The summed E-state index contributed by atoms with van der Waals surface area (Å²) in [4.78, 5) is 11.2. The Balaban J connectivity index is -0.00000240. The summed E-state index contributed by atoms with van der Waals surface area (Å²) in [6.45, 7) is -1.58. The molecule has 6 heteroatoms. The Morgan fingerprint density at radius 2 is 2.16 bits per heavy atom. The largest absolute Gasteiger partial charge is 0.453 e. The zero-order chi connectivity index (χ0) is 22.7. The monoisotopic (exact) mass is 377 g/mol. The first-order chi connectivity index (χ1) is 13.8. The van der Waals surface area contributed by atoms with Crippen LogP contribution in [-0.4, -0.2) is 11.9 Å². The van der Waals surface area contributed by atoms with Crippen LogP contribution in [0.3, 0.4) is 0 Å². The van der Waals surface area contributed by atoms with E-state index in [-0.39, 0.29) is 28.5 Å². The van der Waals surface area contributed by atoms with Crippen molar-refractivity contribution in [2.75, 3.05) is 0 Å². The lowest BCUT2D eigenvalue weighted by Gasteiger charge is -2.23. The number of para-hydroxylation sites is 1. The standard InChI is InChI=1S/C19H22ClFN2O2.4H2/c1-3-16(23-12(2)11-17(22)24)14-9-10-15(20)19(18(14)21)25-13-7-5-4-6-8-13;;;;/h4-10,12,16,23H,3,11H2,1-2H3,(H2,22,24);4*1H/t12-,16+;;;;/m0..../s1/i1D3,3D2;;;;. The van der Waals surface area contributed by atoms with Gasteiger partial charge in [-0.3, -0.25) is 4.79 Å². The van der Waals surface area contributed by atoms with Gasteiger partial charge in [0.2, 0.25) is 5.91 Å². The molecule has 0 heterocycles. The van der Waals surface area contributed by atoms with Gasteiger partial charge in [-0.2, -0.15) is 0 Å². The molecule has 0 radical (unpaired) electrons. The summed E-state index contributed by atoms with van der Waals surface area (Å²) >= 11 is 6.08. The average Bonchev–Trinajstić information content (AvgIpc) is 2.63. The highest BCUT2D eigenvalue weighted by Crippen LogP contribution is 2.36. The molecular weight excluding hydrogens is 343 g/mol. The summed E-state index contributed by atoms with van der Waals surface area (Å²) in [5, 5.41) is 2.62. The van der Waals surface area contributed by atoms with Crippen molar-refractivity contribution in [3.05, 3.63) is 58.9 Å². The molecule has 0 spiro atoms. The Morgan fingerprint density at radius 3 is 2.80 bits per heavy atom. The van der Waals surface area contributed by atoms with Crippen LogP contribution in [0, 0.1) is 5.82 Å². The van der Waals surface area contributed by atoms with Gasteiger partial charge >= 0.3 is 0 Å². The van der Waals surface area contributed by atoms with E-state index in [0.29, 0.717) is 5.75 Å². The first-order valence-corrected chi connectivity index (χ1v) is 7.97. The normalized spacial score (nSPS) is 17.3. The molecule has 2 aromatic carbocycles. The van der Waals surface area contributed by atoms with E-state index in [1.165, 1.54) is 19.1 Å². The van der Waals surface area contributed by atoms with Crippen LogP contribution in [0.15, 0.2) is 42.5 Å². The molecule has 2 aromatic rings.